The zero-order valence-corrected chi connectivity index (χ0v) is 14.7. The first-order valence-corrected chi connectivity index (χ1v) is 8.34. The van der Waals surface area contributed by atoms with Crippen LogP contribution in [0.25, 0.3) is 11.3 Å². The number of carbonyl (C=O) groups excluding carboxylic acids is 1. The van der Waals surface area contributed by atoms with E-state index in [0.29, 0.717) is 24.8 Å². The van der Waals surface area contributed by atoms with Crippen LogP contribution in [0.1, 0.15) is 24.7 Å². The summed E-state index contributed by atoms with van der Waals surface area (Å²) in [6.45, 7) is 8.33. The average Bonchev–Trinajstić information content (AvgIpc) is 3.05. The lowest BCUT2D eigenvalue weighted by Gasteiger charge is -2.14. The highest BCUT2D eigenvalue weighted by Gasteiger charge is 2.28. The molecule has 24 heavy (non-hydrogen) atoms. The van der Waals surface area contributed by atoms with Crippen molar-refractivity contribution in [3.8, 4) is 11.3 Å². The number of hydrogen-bond acceptors (Lipinski definition) is 5. The number of carbonyl (C=O) groups is 1. The topological polar surface area (TPSA) is 75.9 Å². The van der Waals surface area contributed by atoms with Gasteiger partial charge in [-0.3, -0.25) is 9.48 Å². The van der Waals surface area contributed by atoms with Gasteiger partial charge < -0.3 is 10.2 Å². The molecule has 0 saturated carbocycles. The van der Waals surface area contributed by atoms with Crippen molar-refractivity contribution in [3.05, 3.63) is 23.7 Å². The molecule has 1 saturated heterocycles. The van der Waals surface area contributed by atoms with Crippen molar-refractivity contribution >= 4 is 11.9 Å². The molecule has 1 amide bonds. The normalized spacial score (nSPS) is 17.6. The number of likely N-dealkylation sites (tertiary alicyclic amines) is 1. The van der Waals surface area contributed by atoms with Crippen molar-refractivity contribution in [2.45, 2.75) is 27.2 Å². The molecule has 1 fully saturated rings. The van der Waals surface area contributed by atoms with Crippen LogP contribution in [-0.4, -0.2) is 50.2 Å². The van der Waals surface area contributed by atoms with Gasteiger partial charge in [0.25, 0.3) is 0 Å². The van der Waals surface area contributed by atoms with E-state index >= 15 is 0 Å². The number of anilines is 1. The number of aryl methyl sites for hydroxylation is 2. The fourth-order valence-corrected chi connectivity index (χ4v) is 3.26. The van der Waals surface area contributed by atoms with E-state index in [1.165, 1.54) is 0 Å². The maximum absolute atomic E-state index is 11.8. The Morgan fingerprint density at radius 1 is 1.38 bits per heavy atom. The van der Waals surface area contributed by atoms with Crippen molar-refractivity contribution in [2.75, 3.05) is 25.0 Å². The molecule has 0 aliphatic carbocycles. The van der Waals surface area contributed by atoms with Crippen LogP contribution < -0.4 is 5.32 Å². The molecular formula is C17H24N6O. The summed E-state index contributed by atoms with van der Waals surface area (Å²) in [6.07, 6.45) is 2.36. The number of amides is 1. The molecule has 3 heterocycles. The van der Waals surface area contributed by atoms with Gasteiger partial charge in [0.1, 0.15) is 0 Å². The second kappa shape index (κ2) is 6.59. The van der Waals surface area contributed by atoms with E-state index in [2.05, 4.69) is 20.4 Å². The second-order valence-corrected chi connectivity index (χ2v) is 6.32. The molecule has 0 bridgehead atoms. The van der Waals surface area contributed by atoms with Gasteiger partial charge in [-0.25, -0.2) is 9.97 Å². The van der Waals surface area contributed by atoms with Crippen LogP contribution in [0.2, 0.25) is 0 Å². The number of nitrogens with one attached hydrogen (secondary N) is 1. The van der Waals surface area contributed by atoms with Gasteiger partial charge in [0.15, 0.2) is 0 Å². The summed E-state index contributed by atoms with van der Waals surface area (Å²) >= 11 is 0. The molecule has 0 radical (unpaired) electrons. The largest absolute Gasteiger partial charge is 0.354 e. The van der Waals surface area contributed by atoms with Crippen LogP contribution in [0.5, 0.6) is 0 Å². The third-order valence-electron chi connectivity index (χ3n) is 4.65. The molecular weight excluding hydrogens is 304 g/mol. The smallest absolute Gasteiger partial charge is 0.223 e. The van der Waals surface area contributed by atoms with Crippen molar-refractivity contribution < 1.29 is 4.79 Å². The molecule has 7 nitrogen and oxygen atoms in total. The van der Waals surface area contributed by atoms with E-state index in [1.54, 1.807) is 6.20 Å². The van der Waals surface area contributed by atoms with E-state index in [9.17, 15) is 4.79 Å². The molecule has 0 aromatic carbocycles. The minimum atomic E-state index is 0.237. The van der Waals surface area contributed by atoms with Gasteiger partial charge in [0, 0.05) is 56.5 Å². The highest BCUT2D eigenvalue weighted by atomic mass is 16.2. The Kier molecular flexibility index (Phi) is 4.51. The van der Waals surface area contributed by atoms with Gasteiger partial charge in [0.2, 0.25) is 11.9 Å². The SMILES string of the molecule is CCN1C[C@@H](CNc2nccc(-c3c(C)nn(C)c3C)n2)CC1=O. The third-order valence-corrected chi connectivity index (χ3v) is 4.65. The van der Waals surface area contributed by atoms with E-state index in [-0.39, 0.29) is 5.91 Å². The van der Waals surface area contributed by atoms with E-state index in [0.717, 1.165) is 35.7 Å². The molecule has 1 aliphatic heterocycles. The standard InChI is InChI=1S/C17H24N6O/c1-5-23-10-13(8-15(23)24)9-19-17-18-7-6-14(20-17)16-11(2)21-22(4)12(16)3/h6-7,13H,5,8-10H2,1-4H3,(H,18,19,20)/t13-/m1/s1. The van der Waals surface area contributed by atoms with Gasteiger partial charge in [-0.1, -0.05) is 0 Å². The Balaban J connectivity index is 1.71. The molecule has 0 spiro atoms. The van der Waals surface area contributed by atoms with Gasteiger partial charge in [-0.2, -0.15) is 5.10 Å². The minimum absolute atomic E-state index is 0.237. The average molecular weight is 328 g/mol. The van der Waals surface area contributed by atoms with Gasteiger partial charge >= 0.3 is 0 Å². The first kappa shape index (κ1) is 16.4. The van der Waals surface area contributed by atoms with Crippen molar-refractivity contribution in [2.24, 2.45) is 13.0 Å². The van der Waals surface area contributed by atoms with E-state index in [4.69, 9.17) is 0 Å². The lowest BCUT2D eigenvalue weighted by molar-refractivity contribution is -0.127. The Hall–Kier alpha value is -2.44. The maximum Gasteiger partial charge on any atom is 0.223 e. The van der Waals surface area contributed by atoms with Crippen LogP contribution in [-0.2, 0) is 11.8 Å². The predicted molar refractivity (Wildman–Crippen MR) is 92.6 cm³/mol. The van der Waals surface area contributed by atoms with Crippen LogP contribution in [0.3, 0.4) is 0 Å². The number of nitrogens with zero attached hydrogens (tertiary/aromatic N) is 5. The van der Waals surface area contributed by atoms with E-state index < -0.39 is 0 Å². The maximum atomic E-state index is 11.8. The highest BCUT2D eigenvalue weighted by molar-refractivity contribution is 5.78. The molecule has 1 aliphatic rings. The van der Waals surface area contributed by atoms with Crippen LogP contribution in [0, 0.1) is 19.8 Å². The Morgan fingerprint density at radius 3 is 2.79 bits per heavy atom. The summed E-state index contributed by atoms with van der Waals surface area (Å²) < 4.78 is 1.86. The van der Waals surface area contributed by atoms with Crippen molar-refractivity contribution in [1.29, 1.82) is 0 Å². The lowest BCUT2D eigenvalue weighted by Crippen LogP contribution is -2.25. The molecule has 2 aromatic heterocycles. The fourth-order valence-electron chi connectivity index (χ4n) is 3.26. The van der Waals surface area contributed by atoms with Gasteiger partial charge in [-0.05, 0) is 26.8 Å². The second-order valence-electron chi connectivity index (χ2n) is 6.32. The number of rotatable bonds is 5. The lowest BCUT2D eigenvalue weighted by atomic mass is 10.1. The molecule has 2 aromatic rings. The third kappa shape index (κ3) is 3.11. The molecule has 1 atom stereocenters. The van der Waals surface area contributed by atoms with E-state index in [1.807, 2.05) is 43.5 Å². The molecule has 7 heteroatoms. The van der Waals surface area contributed by atoms with Crippen molar-refractivity contribution in [1.82, 2.24) is 24.6 Å². The monoisotopic (exact) mass is 328 g/mol. The summed E-state index contributed by atoms with van der Waals surface area (Å²) in [5, 5.41) is 7.72. The van der Waals surface area contributed by atoms with Crippen LogP contribution in [0.4, 0.5) is 5.95 Å². The molecule has 1 N–H and O–H groups in total. The van der Waals surface area contributed by atoms with Crippen LogP contribution >= 0.6 is 0 Å². The fraction of sp³-hybridized carbons (Fsp3) is 0.529. The summed E-state index contributed by atoms with van der Waals surface area (Å²) in [5.74, 6) is 1.14. The quantitative estimate of drug-likeness (QED) is 0.905. The predicted octanol–water partition coefficient (Wildman–Crippen LogP) is 1.77. The summed E-state index contributed by atoms with van der Waals surface area (Å²) in [6, 6.07) is 1.90. The number of aromatic nitrogens is 4. The first-order chi connectivity index (χ1) is 11.5. The van der Waals surface area contributed by atoms with Crippen LogP contribution in [0.15, 0.2) is 12.3 Å². The Bertz CT molecular complexity index is 754. The molecule has 128 valence electrons. The minimum Gasteiger partial charge on any atom is -0.354 e. The van der Waals surface area contributed by atoms with Crippen molar-refractivity contribution in [3.63, 3.8) is 0 Å². The summed E-state index contributed by atoms with van der Waals surface area (Å²) in [5.41, 5.74) is 3.96. The first-order valence-electron chi connectivity index (χ1n) is 8.34. The van der Waals surface area contributed by atoms with Gasteiger partial charge in [-0.15, -0.1) is 0 Å². The zero-order valence-electron chi connectivity index (χ0n) is 14.7. The Labute approximate surface area is 142 Å². The summed E-state index contributed by atoms with van der Waals surface area (Å²) in [7, 11) is 1.93. The van der Waals surface area contributed by atoms with Gasteiger partial charge in [0.05, 0.1) is 11.4 Å². The highest BCUT2D eigenvalue weighted by Crippen LogP contribution is 2.25. The molecule has 3 rings (SSSR count). The number of hydrogen-bond donors (Lipinski definition) is 1. The summed E-state index contributed by atoms with van der Waals surface area (Å²) in [4.78, 5) is 22.6. The molecule has 0 unspecified atom stereocenters. The Morgan fingerprint density at radius 2 is 2.17 bits per heavy atom. The zero-order chi connectivity index (χ0) is 17.3.